The molecule has 5 nitrogen and oxygen atoms in total. The molecule has 1 amide bonds. The third-order valence-corrected chi connectivity index (χ3v) is 1.70. The van der Waals surface area contributed by atoms with Gasteiger partial charge in [-0.2, -0.15) is 0 Å². The highest BCUT2D eigenvalue weighted by Crippen LogP contribution is 2.04. The third-order valence-electron chi connectivity index (χ3n) is 1.70. The van der Waals surface area contributed by atoms with Crippen LogP contribution < -0.4 is 10.1 Å². The third kappa shape index (κ3) is 3.38. The summed E-state index contributed by atoms with van der Waals surface area (Å²) in [6.07, 6.45) is 5.00. The van der Waals surface area contributed by atoms with Crippen molar-refractivity contribution >= 4 is 5.91 Å². The van der Waals surface area contributed by atoms with Crippen LogP contribution in [0, 0.1) is 0 Å². The number of aromatic nitrogens is 2. The van der Waals surface area contributed by atoms with Crippen LogP contribution in [0.2, 0.25) is 0 Å². The lowest BCUT2D eigenvalue weighted by Gasteiger charge is -2.02. The molecule has 0 aliphatic rings. The zero-order valence-corrected chi connectivity index (χ0v) is 8.73. The van der Waals surface area contributed by atoms with E-state index in [0.717, 1.165) is 0 Å². The van der Waals surface area contributed by atoms with Gasteiger partial charge in [-0.25, -0.2) is 9.97 Å². The molecule has 0 fully saturated rings. The van der Waals surface area contributed by atoms with Crippen molar-refractivity contribution in [1.29, 1.82) is 0 Å². The van der Waals surface area contributed by atoms with Gasteiger partial charge in [0.25, 0.3) is 5.91 Å². The molecular formula is C10H13N3O2. The Balaban J connectivity index is 2.64. The largest absolute Gasteiger partial charge is 0.481 e. The zero-order valence-electron chi connectivity index (χ0n) is 8.73. The van der Waals surface area contributed by atoms with Gasteiger partial charge in [-0.3, -0.25) is 4.79 Å². The average molecular weight is 207 g/mol. The number of nitrogens with zero attached hydrogens (tertiary/aromatic N) is 2. The molecule has 1 aromatic rings. The second-order valence-corrected chi connectivity index (χ2v) is 2.72. The summed E-state index contributed by atoms with van der Waals surface area (Å²) in [7, 11) is 1.49. The molecule has 15 heavy (non-hydrogen) atoms. The Morgan fingerprint density at radius 3 is 3.07 bits per heavy atom. The number of carbonyl (C=O) groups excluding carboxylic acids is 1. The smallest absolute Gasteiger partial charge is 0.270 e. The second kappa shape index (κ2) is 5.74. The van der Waals surface area contributed by atoms with Crippen LogP contribution >= 0.6 is 0 Å². The Morgan fingerprint density at radius 1 is 1.60 bits per heavy atom. The Kier molecular flexibility index (Phi) is 4.28. The van der Waals surface area contributed by atoms with E-state index < -0.39 is 0 Å². The summed E-state index contributed by atoms with van der Waals surface area (Å²) in [6.45, 7) is 2.38. The maximum Gasteiger partial charge on any atom is 0.270 e. The quantitative estimate of drug-likeness (QED) is 0.741. The molecule has 0 saturated carbocycles. The first kappa shape index (κ1) is 11.2. The van der Waals surface area contributed by atoms with Crippen LogP contribution in [0.1, 0.15) is 17.4 Å². The first-order valence-electron chi connectivity index (χ1n) is 4.53. The molecule has 1 N–H and O–H groups in total. The molecule has 0 aromatic carbocycles. The van der Waals surface area contributed by atoms with Gasteiger partial charge < -0.3 is 10.1 Å². The number of hydrogen-bond acceptors (Lipinski definition) is 4. The molecule has 1 aromatic heterocycles. The minimum absolute atomic E-state index is 0.242. The molecule has 80 valence electrons. The molecule has 5 heteroatoms. The average Bonchev–Trinajstić information content (AvgIpc) is 2.29. The lowest BCUT2D eigenvalue weighted by molar-refractivity contribution is 0.0952. The van der Waals surface area contributed by atoms with E-state index in [-0.39, 0.29) is 5.91 Å². The van der Waals surface area contributed by atoms with Gasteiger partial charge in [0, 0.05) is 12.6 Å². The highest BCUT2D eigenvalue weighted by Gasteiger charge is 2.07. The minimum Gasteiger partial charge on any atom is -0.481 e. The highest BCUT2D eigenvalue weighted by atomic mass is 16.5. The van der Waals surface area contributed by atoms with Crippen LogP contribution in [0.15, 0.2) is 24.5 Å². The van der Waals surface area contributed by atoms with E-state index in [1.807, 2.05) is 19.1 Å². The fraction of sp³-hybridized carbons (Fsp3) is 0.300. The van der Waals surface area contributed by atoms with Crippen molar-refractivity contribution in [1.82, 2.24) is 15.3 Å². The summed E-state index contributed by atoms with van der Waals surface area (Å²) in [5.41, 5.74) is 0.298. The number of methoxy groups -OCH3 is 1. The minimum atomic E-state index is -0.242. The highest BCUT2D eigenvalue weighted by molar-refractivity contribution is 5.92. The monoisotopic (exact) mass is 207 g/mol. The van der Waals surface area contributed by atoms with Crippen molar-refractivity contribution in [3.05, 3.63) is 30.2 Å². The molecule has 0 saturated heterocycles. The molecule has 0 unspecified atom stereocenters. The van der Waals surface area contributed by atoms with Crippen LogP contribution in [0.25, 0.3) is 0 Å². The standard InChI is InChI=1S/C10H13N3O2/c1-3-4-5-11-10(14)8-6-9(15-2)13-7-12-8/h3-4,6-7H,5H2,1-2H3,(H,11,14)/b4-3+. The number of rotatable bonds is 4. The van der Waals surface area contributed by atoms with Gasteiger partial charge >= 0.3 is 0 Å². The van der Waals surface area contributed by atoms with Crippen LogP contribution in [0.3, 0.4) is 0 Å². The molecule has 1 heterocycles. The van der Waals surface area contributed by atoms with Gasteiger partial charge in [-0.1, -0.05) is 12.2 Å². The topological polar surface area (TPSA) is 64.1 Å². The first-order chi connectivity index (χ1) is 7.27. The summed E-state index contributed by atoms with van der Waals surface area (Å²) in [6, 6.07) is 1.49. The summed E-state index contributed by atoms with van der Waals surface area (Å²) in [4.78, 5) is 19.1. The first-order valence-corrected chi connectivity index (χ1v) is 4.53. The number of nitrogens with one attached hydrogen (secondary N) is 1. The number of amides is 1. The van der Waals surface area contributed by atoms with E-state index in [0.29, 0.717) is 18.1 Å². The van der Waals surface area contributed by atoms with E-state index >= 15 is 0 Å². The van der Waals surface area contributed by atoms with Crippen LogP contribution in [-0.4, -0.2) is 29.5 Å². The normalized spacial score (nSPS) is 10.3. The Morgan fingerprint density at radius 2 is 2.40 bits per heavy atom. The van der Waals surface area contributed by atoms with E-state index in [2.05, 4.69) is 15.3 Å². The van der Waals surface area contributed by atoms with Gasteiger partial charge in [0.05, 0.1) is 7.11 Å². The maximum atomic E-state index is 11.5. The Bertz CT molecular complexity index is 363. The fourth-order valence-corrected chi connectivity index (χ4v) is 0.935. The van der Waals surface area contributed by atoms with E-state index in [9.17, 15) is 4.79 Å². The zero-order chi connectivity index (χ0) is 11.1. The molecule has 0 spiro atoms. The number of allylic oxidation sites excluding steroid dienone is 1. The lowest BCUT2D eigenvalue weighted by Crippen LogP contribution is -2.24. The predicted molar refractivity (Wildman–Crippen MR) is 55.7 cm³/mol. The number of carbonyl (C=O) groups is 1. The van der Waals surface area contributed by atoms with Crippen LogP contribution in [0.5, 0.6) is 5.88 Å². The van der Waals surface area contributed by atoms with Gasteiger partial charge in [0.2, 0.25) is 5.88 Å². The van der Waals surface area contributed by atoms with Crippen molar-refractivity contribution in [2.24, 2.45) is 0 Å². The van der Waals surface area contributed by atoms with Gasteiger partial charge in [-0.05, 0) is 6.92 Å². The molecule has 0 atom stereocenters. The van der Waals surface area contributed by atoms with Gasteiger partial charge in [0.15, 0.2) is 0 Å². The van der Waals surface area contributed by atoms with Gasteiger partial charge in [-0.15, -0.1) is 0 Å². The summed E-state index contributed by atoms with van der Waals surface area (Å²) in [5.74, 6) is 0.134. The van der Waals surface area contributed by atoms with Crippen LogP contribution in [-0.2, 0) is 0 Å². The molecule has 1 rings (SSSR count). The molecule has 0 radical (unpaired) electrons. The van der Waals surface area contributed by atoms with Crippen LogP contribution in [0.4, 0.5) is 0 Å². The van der Waals surface area contributed by atoms with Crippen molar-refractivity contribution in [3.8, 4) is 5.88 Å². The van der Waals surface area contributed by atoms with Crippen molar-refractivity contribution in [2.75, 3.05) is 13.7 Å². The van der Waals surface area contributed by atoms with E-state index in [1.165, 1.54) is 19.5 Å². The number of hydrogen-bond donors (Lipinski definition) is 1. The predicted octanol–water partition coefficient (Wildman–Crippen LogP) is 0.791. The van der Waals surface area contributed by atoms with E-state index in [4.69, 9.17) is 4.74 Å². The summed E-state index contributed by atoms with van der Waals surface area (Å²) >= 11 is 0. The van der Waals surface area contributed by atoms with E-state index in [1.54, 1.807) is 0 Å². The molecule has 0 aliphatic heterocycles. The van der Waals surface area contributed by atoms with Crippen molar-refractivity contribution in [3.63, 3.8) is 0 Å². The summed E-state index contributed by atoms with van der Waals surface area (Å²) in [5, 5.41) is 2.68. The van der Waals surface area contributed by atoms with Crippen molar-refractivity contribution in [2.45, 2.75) is 6.92 Å². The molecular weight excluding hydrogens is 194 g/mol. The Hall–Kier alpha value is -1.91. The SMILES string of the molecule is C/C=C/CNC(=O)c1cc(OC)ncn1. The Labute approximate surface area is 88.2 Å². The fourth-order valence-electron chi connectivity index (χ4n) is 0.935. The maximum absolute atomic E-state index is 11.5. The second-order valence-electron chi connectivity index (χ2n) is 2.72. The lowest BCUT2D eigenvalue weighted by atomic mass is 10.3. The molecule has 0 aliphatic carbocycles. The molecule has 0 bridgehead atoms. The number of ether oxygens (including phenoxy) is 1. The van der Waals surface area contributed by atoms with Gasteiger partial charge in [0.1, 0.15) is 12.0 Å². The van der Waals surface area contributed by atoms with Crippen molar-refractivity contribution < 1.29 is 9.53 Å². The summed E-state index contributed by atoms with van der Waals surface area (Å²) < 4.78 is 4.89.